The highest BCUT2D eigenvalue weighted by Crippen LogP contribution is 2.26. The van der Waals surface area contributed by atoms with E-state index in [1.807, 2.05) is 13.0 Å². The highest BCUT2D eigenvalue weighted by molar-refractivity contribution is 9.10. The lowest BCUT2D eigenvalue weighted by molar-refractivity contribution is -0.138. The first-order valence-corrected chi connectivity index (χ1v) is 7.57. The van der Waals surface area contributed by atoms with Gasteiger partial charge < -0.3 is 10.0 Å². The molecule has 0 aliphatic heterocycles. The van der Waals surface area contributed by atoms with Gasteiger partial charge in [0.05, 0.1) is 0 Å². The van der Waals surface area contributed by atoms with E-state index in [9.17, 15) is 9.59 Å². The monoisotopic (exact) mass is 339 g/mol. The summed E-state index contributed by atoms with van der Waals surface area (Å²) in [4.78, 5) is 25.1. The van der Waals surface area contributed by atoms with E-state index >= 15 is 0 Å². The summed E-state index contributed by atoms with van der Waals surface area (Å²) in [6.07, 6.45) is 3.91. The molecule has 1 fully saturated rings. The van der Waals surface area contributed by atoms with Crippen molar-refractivity contribution in [1.29, 1.82) is 0 Å². The number of hydrogen-bond donors (Lipinski definition) is 1. The Morgan fingerprint density at radius 1 is 1.35 bits per heavy atom. The molecule has 1 aliphatic rings. The Balaban J connectivity index is 2.24. The molecule has 0 unspecified atom stereocenters. The molecular formula is C15H18BrNO3. The SMILES string of the molecule is Cc1ccc(C(=O)N(CC(=O)O)C2CCCC2)cc1Br. The maximum Gasteiger partial charge on any atom is 0.323 e. The second-order valence-electron chi connectivity index (χ2n) is 5.23. The maximum absolute atomic E-state index is 12.6. The van der Waals surface area contributed by atoms with Gasteiger partial charge in [-0.1, -0.05) is 34.8 Å². The zero-order valence-electron chi connectivity index (χ0n) is 11.4. The van der Waals surface area contributed by atoms with Crippen molar-refractivity contribution >= 4 is 27.8 Å². The second-order valence-corrected chi connectivity index (χ2v) is 6.08. The van der Waals surface area contributed by atoms with Crippen LogP contribution in [0.1, 0.15) is 41.6 Å². The van der Waals surface area contributed by atoms with Crippen LogP contribution >= 0.6 is 15.9 Å². The Labute approximate surface area is 126 Å². The third kappa shape index (κ3) is 3.39. The molecule has 1 N–H and O–H groups in total. The lowest BCUT2D eigenvalue weighted by Gasteiger charge is -2.27. The van der Waals surface area contributed by atoms with E-state index in [1.165, 1.54) is 4.90 Å². The van der Waals surface area contributed by atoms with Gasteiger partial charge in [-0.2, -0.15) is 0 Å². The quantitative estimate of drug-likeness (QED) is 0.916. The smallest absolute Gasteiger partial charge is 0.323 e. The normalized spacial score (nSPS) is 15.3. The van der Waals surface area contributed by atoms with E-state index in [1.54, 1.807) is 12.1 Å². The number of benzene rings is 1. The van der Waals surface area contributed by atoms with Crippen molar-refractivity contribution in [2.24, 2.45) is 0 Å². The summed E-state index contributed by atoms with van der Waals surface area (Å²) in [7, 11) is 0. The number of carbonyl (C=O) groups excluding carboxylic acids is 1. The van der Waals surface area contributed by atoms with Gasteiger partial charge in [-0.05, 0) is 37.5 Å². The first kappa shape index (κ1) is 15.0. The van der Waals surface area contributed by atoms with Crippen molar-refractivity contribution in [3.05, 3.63) is 33.8 Å². The molecule has 0 radical (unpaired) electrons. The molecule has 1 aromatic rings. The molecule has 4 nitrogen and oxygen atoms in total. The minimum Gasteiger partial charge on any atom is -0.480 e. The fourth-order valence-electron chi connectivity index (χ4n) is 2.62. The molecule has 1 aliphatic carbocycles. The number of halogens is 1. The zero-order chi connectivity index (χ0) is 14.7. The average molecular weight is 340 g/mol. The molecule has 1 aromatic carbocycles. The standard InChI is InChI=1S/C15H18BrNO3/c1-10-6-7-11(8-13(10)16)15(20)17(9-14(18)19)12-4-2-3-5-12/h6-8,12H,2-5,9H2,1H3,(H,18,19). The summed E-state index contributed by atoms with van der Waals surface area (Å²) in [5.41, 5.74) is 1.59. The summed E-state index contributed by atoms with van der Waals surface area (Å²) in [6, 6.07) is 5.44. The van der Waals surface area contributed by atoms with E-state index in [-0.39, 0.29) is 18.5 Å². The fourth-order valence-corrected chi connectivity index (χ4v) is 3.00. The third-order valence-electron chi connectivity index (χ3n) is 3.75. The van der Waals surface area contributed by atoms with E-state index in [0.29, 0.717) is 5.56 Å². The van der Waals surface area contributed by atoms with E-state index in [2.05, 4.69) is 15.9 Å². The van der Waals surface area contributed by atoms with Crippen LogP contribution in [-0.4, -0.2) is 34.5 Å². The highest BCUT2D eigenvalue weighted by Gasteiger charge is 2.29. The van der Waals surface area contributed by atoms with E-state index in [4.69, 9.17) is 5.11 Å². The Morgan fingerprint density at radius 3 is 2.55 bits per heavy atom. The Kier molecular flexibility index (Phi) is 4.81. The number of carboxylic acids is 1. The van der Waals surface area contributed by atoms with Gasteiger partial charge in [0.1, 0.15) is 6.54 Å². The van der Waals surface area contributed by atoms with Crippen molar-refractivity contribution in [3.63, 3.8) is 0 Å². The molecule has 0 heterocycles. The lowest BCUT2D eigenvalue weighted by atomic mass is 10.1. The summed E-state index contributed by atoms with van der Waals surface area (Å²) < 4.78 is 0.866. The van der Waals surface area contributed by atoms with E-state index in [0.717, 1.165) is 35.7 Å². The average Bonchev–Trinajstić information content (AvgIpc) is 2.92. The van der Waals surface area contributed by atoms with Crippen molar-refractivity contribution in [2.75, 3.05) is 6.54 Å². The Hall–Kier alpha value is -1.36. The number of rotatable bonds is 4. The molecule has 0 atom stereocenters. The number of hydrogen-bond acceptors (Lipinski definition) is 2. The molecule has 1 amide bonds. The summed E-state index contributed by atoms with van der Waals surface area (Å²) >= 11 is 3.41. The van der Waals surface area contributed by atoms with Gasteiger partial charge in [0.15, 0.2) is 0 Å². The number of nitrogens with zero attached hydrogens (tertiary/aromatic N) is 1. The topological polar surface area (TPSA) is 57.6 Å². The molecule has 1 saturated carbocycles. The van der Waals surface area contributed by atoms with E-state index < -0.39 is 5.97 Å². The van der Waals surface area contributed by atoms with Crippen LogP contribution in [-0.2, 0) is 4.79 Å². The molecule has 108 valence electrons. The lowest BCUT2D eigenvalue weighted by Crippen LogP contribution is -2.42. The van der Waals surface area contributed by atoms with Gasteiger partial charge in [-0.15, -0.1) is 0 Å². The van der Waals surface area contributed by atoms with Crippen molar-refractivity contribution in [3.8, 4) is 0 Å². The summed E-state index contributed by atoms with van der Waals surface area (Å²) in [6.45, 7) is 1.72. The first-order valence-electron chi connectivity index (χ1n) is 6.78. The minimum atomic E-state index is -0.962. The molecule has 0 bridgehead atoms. The minimum absolute atomic E-state index is 0.0543. The predicted octanol–water partition coefficient (Wildman–Crippen LogP) is 3.23. The van der Waals surface area contributed by atoms with Crippen molar-refractivity contribution < 1.29 is 14.7 Å². The molecular weight excluding hydrogens is 322 g/mol. The third-order valence-corrected chi connectivity index (χ3v) is 4.61. The van der Waals surface area contributed by atoms with Crippen LogP contribution in [0.5, 0.6) is 0 Å². The van der Waals surface area contributed by atoms with Gasteiger partial charge in [-0.3, -0.25) is 9.59 Å². The molecule has 0 saturated heterocycles. The highest BCUT2D eigenvalue weighted by atomic mass is 79.9. The van der Waals surface area contributed by atoms with Gasteiger partial charge in [-0.25, -0.2) is 0 Å². The Morgan fingerprint density at radius 2 is 2.00 bits per heavy atom. The van der Waals surface area contributed by atoms with Gasteiger partial charge in [0, 0.05) is 16.1 Å². The number of carboxylic acid groups (broad SMARTS) is 1. The Bertz CT molecular complexity index is 524. The number of aryl methyl sites for hydroxylation is 1. The van der Waals surface area contributed by atoms with Crippen LogP contribution in [0.2, 0.25) is 0 Å². The van der Waals surface area contributed by atoms with Crippen LogP contribution in [0.25, 0.3) is 0 Å². The number of amides is 1. The molecule has 0 spiro atoms. The van der Waals surface area contributed by atoms with Crippen LogP contribution in [0.15, 0.2) is 22.7 Å². The molecule has 5 heteroatoms. The van der Waals surface area contributed by atoms with Gasteiger partial charge >= 0.3 is 5.97 Å². The van der Waals surface area contributed by atoms with Gasteiger partial charge in [0.25, 0.3) is 5.91 Å². The number of aliphatic carboxylic acids is 1. The first-order chi connectivity index (χ1) is 9.49. The largest absolute Gasteiger partial charge is 0.480 e. The zero-order valence-corrected chi connectivity index (χ0v) is 13.0. The van der Waals surface area contributed by atoms with Crippen molar-refractivity contribution in [2.45, 2.75) is 38.6 Å². The van der Waals surface area contributed by atoms with Crippen LogP contribution in [0.4, 0.5) is 0 Å². The van der Waals surface area contributed by atoms with Crippen LogP contribution in [0.3, 0.4) is 0 Å². The number of carbonyl (C=O) groups is 2. The summed E-state index contributed by atoms with van der Waals surface area (Å²) in [5.74, 6) is -1.16. The summed E-state index contributed by atoms with van der Waals surface area (Å²) in [5, 5.41) is 9.04. The van der Waals surface area contributed by atoms with Crippen LogP contribution < -0.4 is 0 Å². The maximum atomic E-state index is 12.6. The predicted molar refractivity (Wildman–Crippen MR) is 79.8 cm³/mol. The second kappa shape index (κ2) is 6.39. The molecule has 0 aromatic heterocycles. The van der Waals surface area contributed by atoms with Gasteiger partial charge in [0.2, 0.25) is 0 Å². The van der Waals surface area contributed by atoms with Crippen molar-refractivity contribution in [1.82, 2.24) is 4.90 Å². The molecule has 20 heavy (non-hydrogen) atoms. The molecule has 2 rings (SSSR count). The fraction of sp³-hybridized carbons (Fsp3) is 0.467. The van der Waals surface area contributed by atoms with Crippen LogP contribution in [0, 0.1) is 6.92 Å².